The van der Waals surface area contributed by atoms with Crippen LogP contribution in [0.5, 0.6) is 5.88 Å². The lowest BCUT2D eigenvalue weighted by Crippen LogP contribution is -2.12. The van der Waals surface area contributed by atoms with Crippen molar-refractivity contribution in [3.8, 4) is 5.88 Å². The van der Waals surface area contributed by atoms with Crippen molar-refractivity contribution in [2.24, 2.45) is 0 Å². The van der Waals surface area contributed by atoms with Crippen LogP contribution >= 0.6 is 27.5 Å². The van der Waals surface area contributed by atoms with Gasteiger partial charge in [-0.25, -0.2) is 4.98 Å². The number of pyridine rings is 1. The van der Waals surface area contributed by atoms with Crippen molar-refractivity contribution >= 4 is 39.1 Å². The minimum atomic E-state index is -0.299. The standard InChI is InChI=1S/C15H14BrClN2O3/c1-21-6-7-22-14-5-3-11(9-18-14)19-15(20)12-4-2-10(16)8-13(12)17/h2-5,8-9H,6-7H2,1H3,(H,19,20). The quantitative estimate of drug-likeness (QED) is 0.769. The number of methoxy groups -OCH3 is 1. The van der Waals surface area contributed by atoms with E-state index in [0.717, 1.165) is 4.47 Å². The Morgan fingerprint density at radius 1 is 1.32 bits per heavy atom. The molecule has 0 radical (unpaired) electrons. The number of carbonyl (C=O) groups excluding carboxylic acids is 1. The minimum absolute atomic E-state index is 0.299. The summed E-state index contributed by atoms with van der Waals surface area (Å²) in [5, 5.41) is 3.11. The monoisotopic (exact) mass is 384 g/mol. The third-order valence-electron chi connectivity index (χ3n) is 2.71. The molecule has 0 fully saturated rings. The van der Waals surface area contributed by atoms with Gasteiger partial charge in [0.2, 0.25) is 5.88 Å². The third kappa shape index (κ3) is 4.69. The van der Waals surface area contributed by atoms with Crippen LogP contribution in [0.4, 0.5) is 5.69 Å². The Labute approximate surface area is 141 Å². The van der Waals surface area contributed by atoms with Crippen molar-refractivity contribution in [2.75, 3.05) is 25.6 Å². The van der Waals surface area contributed by atoms with Crippen molar-refractivity contribution in [3.05, 3.63) is 51.6 Å². The molecule has 1 N–H and O–H groups in total. The maximum absolute atomic E-state index is 12.2. The molecular formula is C15H14BrClN2O3. The normalized spacial score (nSPS) is 10.3. The Morgan fingerprint density at radius 2 is 2.14 bits per heavy atom. The van der Waals surface area contributed by atoms with E-state index in [4.69, 9.17) is 21.1 Å². The molecule has 1 aromatic carbocycles. The Kier molecular flexibility index (Phi) is 6.18. The van der Waals surface area contributed by atoms with E-state index in [1.807, 2.05) is 0 Å². The molecule has 2 rings (SSSR count). The third-order valence-corrected chi connectivity index (χ3v) is 3.51. The Morgan fingerprint density at radius 3 is 2.77 bits per heavy atom. The number of rotatable bonds is 6. The zero-order valence-electron chi connectivity index (χ0n) is 11.8. The van der Waals surface area contributed by atoms with Crippen LogP contribution in [0.3, 0.4) is 0 Å². The van der Waals surface area contributed by atoms with Crippen LogP contribution in [-0.4, -0.2) is 31.2 Å². The molecule has 5 nitrogen and oxygen atoms in total. The van der Waals surface area contributed by atoms with Gasteiger partial charge in [0.05, 0.1) is 29.1 Å². The predicted molar refractivity (Wildman–Crippen MR) is 88.7 cm³/mol. The van der Waals surface area contributed by atoms with Gasteiger partial charge in [0, 0.05) is 17.6 Å². The first-order valence-electron chi connectivity index (χ1n) is 6.44. The first kappa shape index (κ1) is 16.7. The van der Waals surface area contributed by atoms with Crippen LogP contribution in [0.1, 0.15) is 10.4 Å². The van der Waals surface area contributed by atoms with Gasteiger partial charge in [0.1, 0.15) is 6.61 Å². The van der Waals surface area contributed by atoms with Crippen LogP contribution in [0.15, 0.2) is 41.0 Å². The van der Waals surface area contributed by atoms with Gasteiger partial charge < -0.3 is 14.8 Å². The summed E-state index contributed by atoms with van der Waals surface area (Å²) >= 11 is 9.35. The average molecular weight is 386 g/mol. The molecule has 7 heteroatoms. The lowest BCUT2D eigenvalue weighted by molar-refractivity contribution is 0.102. The zero-order valence-corrected chi connectivity index (χ0v) is 14.1. The Hall–Kier alpha value is -1.63. The van der Waals surface area contributed by atoms with Crippen LogP contribution in [0, 0.1) is 0 Å². The number of nitrogens with one attached hydrogen (secondary N) is 1. The number of benzene rings is 1. The summed E-state index contributed by atoms with van der Waals surface area (Å²) in [5.41, 5.74) is 0.952. The largest absolute Gasteiger partial charge is 0.475 e. The maximum atomic E-state index is 12.2. The molecule has 22 heavy (non-hydrogen) atoms. The van der Waals surface area contributed by atoms with Gasteiger partial charge in [-0.1, -0.05) is 27.5 Å². The van der Waals surface area contributed by atoms with Crippen LogP contribution < -0.4 is 10.1 Å². The number of ether oxygens (including phenoxy) is 2. The maximum Gasteiger partial charge on any atom is 0.257 e. The summed E-state index contributed by atoms with van der Waals surface area (Å²) in [6.45, 7) is 0.909. The van der Waals surface area contributed by atoms with E-state index in [1.54, 1.807) is 37.4 Å². The molecule has 0 bridgehead atoms. The fourth-order valence-electron chi connectivity index (χ4n) is 1.64. The molecule has 0 saturated heterocycles. The highest BCUT2D eigenvalue weighted by Crippen LogP contribution is 2.22. The van der Waals surface area contributed by atoms with Gasteiger partial charge in [0.15, 0.2) is 0 Å². The second kappa shape index (κ2) is 8.12. The number of aromatic nitrogens is 1. The summed E-state index contributed by atoms with van der Waals surface area (Å²) < 4.78 is 11.0. The van der Waals surface area contributed by atoms with Crippen molar-refractivity contribution < 1.29 is 14.3 Å². The van der Waals surface area contributed by atoms with Gasteiger partial charge in [-0.05, 0) is 24.3 Å². The fraction of sp³-hybridized carbons (Fsp3) is 0.200. The summed E-state index contributed by atoms with van der Waals surface area (Å²) in [6, 6.07) is 8.46. The lowest BCUT2D eigenvalue weighted by atomic mass is 10.2. The molecule has 0 atom stereocenters. The van der Waals surface area contributed by atoms with Crippen LogP contribution in [0.25, 0.3) is 0 Å². The van der Waals surface area contributed by atoms with Gasteiger partial charge in [0.25, 0.3) is 5.91 Å². The molecule has 0 spiro atoms. The fourth-order valence-corrected chi connectivity index (χ4v) is 2.40. The van der Waals surface area contributed by atoms with E-state index < -0.39 is 0 Å². The highest BCUT2D eigenvalue weighted by atomic mass is 79.9. The molecule has 0 aliphatic heterocycles. The molecule has 0 aliphatic rings. The van der Waals surface area contributed by atoms with E-state index in [2.05, 4.69) is 26.2 Å². The number of anilines is 1. The topological polar surface area (TPSA) is 60.5 Å². The van der Waals surface area contributed by atoms with Gasteiger partial charge >= 0.3 is 0 Å². The summed E-state index contributed by atoms with van der Waals surface area (Å²) in [7, 11) is 1.60. The van der Waals surface area contributed by atoms with E-state index in [1.165, 1.54) is 6.20 Å². The average Bonchev–Trinajstić information content (AvgIpc) is 2.49. The molecule has 2 aromatic rings. The molecule has 0 unspecified atom stereocenters. The molecule has 116 valence electrons. The number of hydrogen-bond acceptors (Lipinski definition) is 4. The van der Waals surface area contributed by atoms with Gasteiger partial charge in [-0.2, -0.15) is 0 Å². The van der Waals surface area contributed by atoms with Crippen molar-refractivity contribution in [1.29, 1.82) is 0 Å². The lowest BCUT2D eigenvalue weighted by Gasteiger charge is -2.08. The zero-order chi connectivity index (χ0) is 15.9. The first-order chi connectivity index (χ1) is 10.6. The Balaban J connectivity index is 1.99. The van der Waals surface area contributed by atoms with E-state index >= 15 is 0 Å². The van der Waals surface area contributed by atoms with Crippen molar-refractivity contribution in [2.45, 2.75) is 0 Å². The minimum Gasteiger partial charge on any atom is -0.475 e. The number of amides is 1. The van der Waals surface area contributed by atoms with Crippen molar-refractivity contribution in [3.63, 3.8) is 0 Å². The molecular weight excluding hydrogens is 372 g/mol. The van der Waals surface area contributed by atoms with Gasteiger partial charge in [-0.15, -0.1) is 0 Å². The molecule has 1 amide bonds. The molecule has 1 aromatic heterocycles. The second-order valence-electron chi connectivity index (χ2n) is 4.30. The molecule has 0 saturated carbocycles. The van der Waals surface area contributed by atoms with Gasteiger partial charge in [-0.3, -0.25) is 4.79 Å². The number of hydrogen-bond donors (Lipinski definition) is 1. The molecule has 1 heterocycles. The number of halogens is 2. The second-order valence-corrected chi connectivity index (χ2v) is 5.63. The summed E-state index contributed by atoms with van der Waals surface area (Å²) in [4.78, 5) is 16.3. The summed E-state index contributed by atoms with van der Waals surface area (Å²) in [5.74, 6) is 0.170. The molecule has 0 aliphatic carbocycles. The van der Waals surface area contributed by atoms with E-state index in [0.29, 0.717) is 35.4 Å². The highest BCUT2D eigenvalue weighted by Gasteiger charge is 2.11. The SMILES string of the molecule is COCCOc1ccc(NC(=O)c2ccc(Br)cc2Cl)cn1. The van der Waals surface area contributed by atoms with E-state index in [-0.39, 0.29) is 5.91 Å². The van der Waals surface area contributed by atoms with Crippen molar-refractivity contribution in [1.82, 2.24) is 4.98 Å². The number of carbonyl (C=O) groups is 1. The smallest absolute Gasteiger partial charge is 0.257 e. The van der Waals surface area contributed by atoms with Crippen LogP contribution in [0.2, 0.25) is 5.02 Å². The first-order valence-corrected chi connectivity index (χ1v) is 7.61. The Bertz CT molecular complexity index is 650. The highest BCUT2D eigenvalue weighted by molar-refractivity contribution is 9.10. The van der Waals surface area contributed by atoms with E-state index in [9.17, 15) is 4.79 Å². The van der Waals surface area contributed by atoms with Crippen LogP contribution in [-0.2, 0) is 4.74 Å². The summed E-state index contributed by atoms with van der Waals surface area (Å²) in [6.07, 6.45) is 1.52. The predicted octanol–water partition coefficient (Wildman–Crippen LogP) is 3.78. The number of nitrogens with zero attached hydrogens (tertiary/aromatic N) is 1.